The van der Waals surface area contributed by atoms with Crippen molar-refractivity contribution in [2.45, 2.75) is 6.54 Å². The molecule has 0 saturated carbocycles. The zero-order chi connectivity index (χ0) is 28.2. The molecule has 1 amide bonds. The lowest BCUT2D eigenvalue weighted by Crippen LogP contribution is -2.12. The second kappa shape index (κ2) is 11.6. The van der Waals surface area contributed by atoms with Crippen LogP contribution in [0.4, 0.5) is 11.5 Å². The van der Waals surface area contributed by atoms with E-state index in [1.54, 1.807) is 28.9 Å². The zero-order valence-corrected chi connectivity index (χ0v) is 23.0. The van der Waals surface area contributed by atoms with Crippen molar-refractivity contribution in [3.05, 3.63) is 132 Å². The number of aromatic nitrogens is 3. The van der Waals surface area contributed by atoms with E-state index in [1.807, 2.05) is 98.8 Å². The number of hydrogen-bond acceptors (Lipinski definition) is 5. The van der Waals surface area contributed by atoms with Crippen LogP contribution in [0.5, 0.6) is 11.5 Å². The summed E-state index contributed by atoms with van der Waals surface area (Å²) in [5, 5.41) is 11.6. The molecular formula is C32H25BClN5O2. The summed E-state index contributed by atoms with van der Waals surface area (Å²) in [4.78, 5) is 17.9. The minimum absolute atomic E-state index is 0.221. The zero-order valence-electron chi connectivity index (χ0n) is 22.2. The van der Waals surface area contributed by atoms with Crippen LogP contribution in [0.25, 0.3) is 16.9 Å². The SMILES string of the molecule is Bc1cnn2c(NCc3cccc(NC(=O)c4cccc(Oc5ccccc5)c4)c3)cc(-c3ccccc3Cl)nc12. The van der Waals surface area contributed by atoms with Gasteiger partial charge in [0.15, 0.2) is 5.65 Å². The van der Waals surface area contributed by atoms with Gasteiger partial charge >= 0.3 is 0 Å². The first-order valence-electron chi connectivity index (χ1n) is 13.1. The first-order valence-corrected chi connectivity index (χ1v) is 13.5. The van der Waals surface area contributed by atoms with Crippen molar-refractivity contribution in [1.29, 1.82) is 0 Å². The van der Waals surface area contributed by atoms with E-state index in [2.05, 4.69) is 15.7 Å². The Labute approximate surface area is 243 Å². The molecule has 6 rings (SSSR count). The van der Waals surface area contributed by atoms with Crippen molar-refractivity contribution >= 4 is 48.0 Å². The number of halogens is 1. The van der Waals surface area contributed by atoms with Gasteiger partial charge < -0.3 is 15.4 Å². The van der Waals surface area contributed by atoms with E-state index >= 15 is 0 Å². The van der Waals surface area contributed by atoms with Crippen LogP contribution in [0.1, 0.15) is 15.9 Å². The molecule has 0 radical (unpaired) electrons. The Hall–Kier alpha value is -5.08. The van der Waals surface area contributed by atoms with E-state index < -0.39 is 0 Å². The molecule has 7 nitrogen and oxygen atoms in total. The summed E-state index contributed by atoms with van der Waals surface area (Å²) in [6.45, 7) is 0.504. The molecule has 0 fully saturated rings. The minimum Gasteiger partial charge on any atom is -0.457 e. The molecule has 0 unspecified atom stereocenters. The third kappa shape index (κ3) is 5.93. The average molecular weight is 558 g/mol. The predicted molar refractivity (Wildman–Crippen MR) is 166 cm³/mol. The Morgan fingerprint density at radius 3 is 2.51 bits per heavy atom. The maximum absolute atomic E-state index is 13.0. The fourth-order valence-electron chi connectivity index (χ4n) is 4.49. The number of nitrogens with zero attached hydrogens (tertiary/aromatic N) is 3. The highest BCUT2D eigenvalue weighted by Crippen LogP contribution is 2.28. The van der Waals surface area contributed by atoms with Crippen LogP contribution in [0.2, 0.25) is 5.02 Å². The van der Waals surface area contributed by atoms with E-state index in [-0.39, 0.29) is 5.91 Å². The highest BCUT2D eigenvalue weighted by molar-refractivity contribution is 6.36. The molecule has 0 aliphatic heterocycles. The molecule has 0 spiro atoms. The van der Waals surface area contributed by atoms with E-state index in [9.17, 15) is 4.79 Å². The number of fused-ring (bicyclic) bond motifs is 1. The summed E-state index contributed by atoms with van der Waals surface area (Å²) in [5.74, 6) is 1.86. The van der Waals surface area contributed by atoms with Gasteiger partial charge in [0, 0.05) is 40.6 Å². The molecule has 200 valence electrons. The van der Waals surface area contributed by atoms with Crippen LogP contribution < -0.4 is 20.8 Å². The summed E-state index contributed by atoms with van der Waals surface area (Å²) in [6.07, 6.45) is 1.79. The van der Waals surface area contributed by atoms with Crippen LogP contribution in [0.3, 0.4) is 0 Å². The molecule has 2 heterocycles. The largest absolute Gasteiger partial charge is 0.457 e. The molecule has 0 atom stereocenters. The van der Waals surface area contributed by atoms with Crippen molar-refractivity contribution in [3.63, 3.8) is 0 Å². The van der Waals surface area contributed by atoms with Crippen LogP contribution in [0, 0.1) is 0 Å². The number of anilines is 2. The van der Waals surface area contributed by atoms with Crippen molar-refractivity contribution in [1.82, 2.24) is 14.6 Å². The van der Waals surface area contributed by atoms with Gasteiger partial charge in [-0.05, 0) is 59.6 Å². The smallest absolute Gasteiger partial charge is 0.255 e. The van der Waals surface area contributed by atoms with Gasteiger partial charge in [-0.3, -0.25) is 4.79 Å². The standard InChI is InChI=1S/C32H25BClN5O2/c33-27-20-36-39-30(18-29(38-31(27)39)26-14-4-5-15-28(26)34)35-19-21-8-6-10-23(16-21)37-32(40)22-9-7-13-25(17-22)41-24-11-2-1-3-12-24/h1-18,20,35H,19,33H2,(H,37,40). The van der Waals surface area contributed by atoms with Gasteiger partial charge in [0.1, 0.15) is 25.2 Å². The number of rotatable bonds is 8. The predicted octanol–water partition coefficient (Wildman–Crippen LogP) is 5.96. The first-order chi connectivity index (χ1) is 20.0. The van der Waals surface area contributed by atoms with Gasteiger partial charge in [-0.1, -0.05) is 66.2 Å². The lowest BCUT2D eigenvalue weighted by Gasteiger charge is -2.13. The maximum Gasteiger partial charge on any atom is 0.255 e. The Bertz CT molecular complexity index is 1860. The minimum atomic E-state index is -0.221. The Kier molecular flexibility index (Phi) is 7.39. The van der Waals surface area contributed by atoms with Crippen molar-refractivity contribution in [2.24, 2.45) is 0 Å². The number of para-hydroxylation sites is 1. The number of nitrogens with one attached hydrogen (secondary N) is 2. The summed E-state index contributed by atoms with van der Waals surface area (Å²) in [6, 6.07) is 33.9. The second-order valence-corrected chi connectivity index (χ2v) is 9.93. The van der Waals surface area contributed by atoms with Crippen molar-refractivity contribution in [2.75, 3.05) is 10.6 Å². The van der Waals surface area contributed by atoms with Gasteiger partial charge in [-0.15, -0.1) is 0 Å². The van der Waals surface area contributed by atoms with Crippen LogP contribution in [0.15, 0.2) is 115 Å². The third-order valence-corrected chi connectivity index (χ3v) is 6.86. The topological polar surface area (TPSA) is 80.5 Å². The molecule has 2 aromatic heterocycles. The second-order valence-electron chi connectivity index (χ2n) is 9.52. The van der Waals surface area contributed by atoms with Crippen molar-refractivity contribution < 1.29 is 9.53 Å². The molecule has 0 bridgehead atoms. The molecule has 4 aromatic carbocycles. The number of carbonyl (C=O) groups excluding carboxylic acids is 1. The molecule has 6 aromatic rings. The normalized spacial score (nSPS) is 10.9. The number of hydrogen-bond donors (Lipinski definition) is 2. The number of amides is 1. The number of ether oxygens (including phenoxy) is 1. The maximum atomic E-state index is 13.0. The van der Waals surface area contributed by atoms with E-state index in [4.69, 9.17) is 21.3 Å². The lowest BCUT2D eigenvalue weighted by atomic mass is 10.0. The van der Waals surface area contributed by atoms with Gasteiger partial charge in [0.05, 0.1) is 5.69 Å². The Morgan fingerprint density at radius 2 is 1.66 bits per heavy atom. The molecule has 2 N–H and O–H groups in total. The molecule has 0 saturated heterocycles. The quantitative estimate of drug-likeness (QED) is 0.226. The summed E-state index contributed by atoms with van der Waals surface area (Å²) < 4.78 is 7.66. The molecule has 0 aliphatic rings. The van der Waals surface area contributed by atoms with Gasteiger partial charge in [-0.2, -0.15) is 9.61 Å². The molecule has 41 heavy (non-hydrogen) atoms. The van der Waals surface area contributed by atoms with Crippen molar-refractivity contribution in [3.8, 4) is 22.8 Å². The fraction of sp³-hybridized carbons (Fsp3) is 0.0312. The van der Waals surface area contributed by atoms with E-state index in [1.165, 1.54) is 0 Å². The first kappa shape index (κ1) is 26.2. The van der Waals surface area contributed by atoms with E-state index in [0.717, 1.165) is 33.7 Å². The lowest BCUT2D eigenvalue weighted by molar-refractivity contribution is 0.102. The van der Waals surface area contributed by atoms with Crippen LogP contribution in [-0.2, 0) is 6.54 Å². The highest BCUT2D eigenvalue weighted by Gasteiger charge is 2.13. The molecule has 9 heteroatoms. The van der Waals surface area contributed by atoms with Crippen LogP contribution >= 0.6 is 11.6 Å². The number of benzene rings is 4. The summed E-state index contributed by atoms with van der Waals surface area (Å²) in [5.41, 5.74) is 5.50. The summed E-state index contributed by atoms with van der Waals surface area (Å²) in [7, 11) is 1.98. The van der Waals surface area contributed by atoms with Gasteiger partial charge in [0.2, 0.25) is 0 Å². The van der Waals surface area contributed by atoms with E-state index in [0.29, 0.717) is 34.3 Å². The summed E-state index contributed by atoms with van der Waals surface area (Å²) >= 11 is 6.47. The van der Waals surface area contributed by atoms with Crippen LogP contribution in [-0.4, -0.2) is 28.4 Å². The number of carbonyl (C=O) groups is 1. The monoisotopic (exact) mass is 557 g/mol. The highest BCUT2D eigenvalue weighted by atomic mass is 35.5. The van der Waals surface area contributed by atoms with Gasteiger partial charge in [0.25, 0.3) is 5.91 Å². The third-order valence-electron chi connectivity index (χ3n) is 6.53. The Morgan fingerprint density at radius 1 is 0.878 bits per heavy atom. The molecule has 0 aliphatic carbocycles. The Balaban J connectivity index is 1.18. The van der Waals surface area contributed by atoms with Gasteiger partial charge in [-0.25, -0.2) is 4.98 Å². The average Bonchev–Trinajstić information content (AvgIpc) is 3.37. The molecular weight excluding hydrogens is 533 g/mol. The fourth-order valence-corrected chi connectivity index (χ4v) is 4.72.